The van der Waals surface area contributed by atoms with Gasteiger partial charge >= 0.3 is 0 Å². The van der Waals surface area contributed by atoms with Crippen LogP contribution in [0.4, 0.5) is 4.39 Å². The minimum atomic E-state index is -0.678. The van der Waals surface area contributed by atoms with E-state index < -0.39 is 18.0 Å². The molecule has 1 aromatic rings. The molecule has 17 heavy (non-hydrogen) atoms. The molecule has 0 unspecified atom stereocenters. The van der Waals surface area contributed by atoms with Crippen LogP contribution in [0.5, 0.6) is 0 Å². The van der Waals surface area contributed by atoms with Gasteiger partial charge in [0.25, 0.3) is 0 Å². The van der Waals surface area contributed by atoms with Crippen molar-refractivity contribution < 1.29 is 14.2 Å². The Morgan fingerprint density at radius 1 is 1.47 bits per heavy atom. The van der Waals surface area contributed by atoms with Gasteiger partial charge in [0.05, 0.1) is 17.7 Å². The third-order valence-electron chi connectivity index (χ3n) is 2.55. The summed E-state index contributed by atoms with van der Waals surface area (Å²) in [5.41, 5.74) is 0.609. The average molecular weight is 282 g/mol. The fraction of sp³-hybridized carbons (Fsp3) is 0.455. The van der Waals surface area contributed by atoms with E-state index in [1.54, 1.807) is 6.07 Å². The Hall–Kier alpha value is -0.390. The van der Waals surface area contributed by atoms with Crippen molar-refractivity contribution in [1.29, 1.82) is 0 Å². The Morgan fingerprint density at radius 3 is 2.94 bits per heavy atom. The lowest BCUT2D eigenvalue weighted by Gasteiger charge is -2.20. The van der Waals surface area contributed by atoms with Crippen LogP contribution in [0, 0.1) is 5.82 Å². The molecule has 6 heteroatoms. The Kier molecular flexibility index (Phi) is 5.62. The van der Waals surface area contributed by atoms with Crippen molar-refractivity contribution in [2.24, 2.45) is 0 Å². The highest BCUT2D eigenvalue weighted by atomic mass is 35.5. The number of hydrogen-bond acceptors (Lipinski definition) is 3. The van der Waals surface area contributed by atoms with Crippen LogP contribution in [0.2, 0.25) is 5.02 Å². The lowest BCUT2D eigenvalue weighted by Crippen LogP contribution is -2.28. The molecule has 0 radical (unpaired) electrons. The third-order valence-corrected chi connectivity index (χ3v) is 2.86. The number of nitrogens with one attached hydrogen (secondary N) is 1. The van der Waals surface area contributed by atoms with E-state index in [2.05, 4.69) is 5.32 Å². The van der Waals surface area contributed by atoms with Crippen LogP contribution in [0.25, 0.3) is 0 Å². The van der Waals surface area contributed by atoms with E-state index in [9.17, 15) is 9.50 Å². The second-order valence-electron chi connectivity index (χ2n) is 3.74. The maximum Gasteiger partial charge on any atom is 0.142 e. The number of aliphatic hydroxyl groups excluding tert-OH is 1. The summed E-state index contributed by atoms with van der Waals surface area (Å²) in [6.45, 7) is 1.62. The number of ether oxygens (including phenoxy) is 1. The highest BCUT2D eigenvalue weighted by Crippen LogP contribution is 2.25. The summed E-state index contributed by atoms with van der Waals surface area (Å²) in [6.07, 6.45) is -1.18. The quantitative estimate of drug-likeness (QED) is 0.827. The van der Waals surface area contributed by atoms with Gasteiger partial charge in [-0.2, -0.15) is 0 Å². The first-order valence-corrected chi connectivity index (χ1v) is 5.51. The van der Waals surface area contributed by atoms with E-state index in [1.807, 2.05) is 0 Å². The van der Waals surface area contributed by atoms with Gasteiger partial charge in [-0.05, 0) is 17.7 Å². The van der Waals surface area contributed by atoms with E-state index in [0.717, 1.165) is 0 Å². The number of hydrogen-bond donors (Lipinski definition) is 2. The molecule has 1 fully saturated rings. The van der Waals surface area contributed by atoms with E-state index >= 15 is 0 Å². The summed E-state index contributed by atoms with van der Waals surface area (Å²) in [7, 11) is 0. The van der Waals surface area contributed by atoms with Gasteiger partial charge in [0.15, 0.2) is 0 Å². The SMILES string of the molecule is Cl.O[C@@H]1CNCCO[C@H]1c1ccc(Cl)c(F)c1. The normalized spacial score (nSPS) is 24.9. The zero-order valence-corrected chi connectivity index (χ0v) is 10.6. The highest BCUT2D eigenvalue weighted by Gasteiger charge is 2.24. The molecule has 1 aromatic carbocycles. The fourth-order valence-electron chi connectivity index (χ4n) is 1.73. The van der Waals surface area contributed by atoms with Gasteiger partial charge in [0, 0.05) is 13.1 Å². The van der Waals surface area contributed by atoms with E-state index in [1.165, 1.54) is 12.1 Å². The number of rotatable bonds is 1. The standard InChI is InChI=1S/C11H13ClFNO2.ClH/c12-8-2-1-7(5-9(8)13)11-10(15)6-14-3-4-16-11;/h1-2,5,10-11,14-15H,3-4,6H2;1H/t10-,11+;/m1./s1. The molecule has 3 nitrogen and oxygen atoms in total. The molecule has 0 spiro atoms. The monoisotopic (exact) mass is 281 g/mol. The summed E-state index contributed by atoms with van der Waals surface area (Å²) in [5.74, 6) is -0.493. The maximum atomic E-state index is 13.3. The first-order valence-electron chi connectivity index (χ1n) is 5.14. The van der Waals surface area contributed by atoms with Crippen LogP contribution in [0.3, 0.4) is 0 Å². The van der Waals surface area contributed by atoms with Crippen molar-refractivity contribution in [3.05, 3.63) is 34.6 Å². The fourth-order valence-corrected chi connectivity index (χ4v) is 1.85. The first kappa shape index (κ1) is 14.7. The minimum Gasteiger partial charge on any atom is -0.389 e. The van der Waals surface area contributed by atoms with E-state index in [0.29, 0.717) is 25.3 Å². The summed E-state index contributed by atoms with van der Waals surface area (Å²) in [5, 5.41) is 12.9. The van der Waals surface area contributed by atoms with Gasteiger partial charge in [0.2, 0.25) is 0 Å². The van der Waals surface area contributed by atoms with Crippen molar-refractivity contribution >= 4 is 24.0 Å². The van der Waals surface area contributed by atoms with Crippen LogP contribution in [0.1, 0.15) is 11.7 Å². The molecule has 0 bridgehead atoms. The van der Waals surface area contributed by atoms with Gasteiger partial charge < -0.3 is 15.2 Å². The maximum absolute atomic E-state index is 13.3. The van der Waals surface area contributed by atoms with Gasteiger partial charge in [0.1, 0.15) is 11.9 Å². The molecule has 2 rings (SSSR count). The molecule has 1 heterocycles. The van der Waals surface area contributed by atoms with Crippen LogP contribution in [-0.2, 0) is 4.74 Å². The van der Waals surface area contributed by atoms with Crippen molar-refractivity contribution in [1.82, 2.24) is 5.32 Å². The van der Waals surface area contributed by atoms with Crippen molar-refractivity contribution in [2.45, 2.75) is 12.2 Å². The molecular weight excluding hydrogens is 268 g/mol. The Labute approximate surface area is 110 Å². The third kappa shape index (κ3) is 3.53. The summed E-state index contributed by atoms with van der Waals surface area (Å²) < 4.78 is 18.8. The second-order valence-corrected chi connectivity index (χ2v) is 4.14. The Bertz CT molecular complexity index is 378. The molecule has 0 saturated carbocycles. The number of aliphatic hydroxyl groups is 1. The topological polar surface area (TPSA) is 41.5 Å². The molecule has 1 aliphatic rings. The van der Waals surface area contributed by atoms with Crippen LogP contribution in [0.15, 0.2) is 18.2 Å². The van der Waals surface area contributed by atoms with Gasteiger partial charge in [-0.15, -0.1) is 12.4 Å². The van der Waals surface area contributed by atoms with Gasteiger partial charge in [-0.3, -0.25) is 0 Å². The van der Waals surface area contributed by atoms with Crippen molar-refractivity contribution in [2.75, 3.05) is 19.7 Å². The lowest BCUT2D eigenvalue weighted by molar-refractivity contribution is -0.0200. The summed E-state index contributed by atoms with van der Waals surface area (Å²) in [4.78, 5) is 0. The number of halogens is 3. The number of β-amino-alcohol motifs (C(OH)–C–C–N with tert-alkyl or cyclic N) is 1. The summed E-state index contributed by atoms with van der Waals surface area (Å²) in [6, 6.07) is 4.45. The predicted molar refractivity (Wildman–Crippen MR) is 66.2 cm³/mol. The molecule has 1 saturated heterocycles. The van der Waals surface area contributed by atoms with Crippen molar-refractivity contribution in [3.63, 3.8) is 0 Å². The molecule has 1 aliphatic heterocycles. The van der Waals surface area contributed by atoms with Crippen LogP contribution in [-0.4, -0.2) is 30.9 Å². The molecule has 0 amide bonds. The molecule has 96 valence electrons. The molecule has 2 atom stereocenters. The van der Waals surface area contributed by atoms with Crippen LogP contribution < -0.4 is 5.32 Å². The van der Waals surface area contributed by atoms with E-state index in [4.69, 9.17) is 16.3 Å². The molecule has 0 aliphatic carbocycles. The Morgan fingerprint density at radius 2 is 2.24 bits per heavy atom. The zero-order chi connectivity index (χ0) is 11.5. The zero-order valence-electron chi connectivity index (χ0n) is 9.03. The first-order chi connectivity index (χ1) is 7.68. The van der Waals surface area contributed by atoms with Crippen molar-refractivity contribution in [3.8, 4) is 0 Å². The van der Waals surface area contributed by atoms with E-state index in [-0.39, 0.29) is 17.4 Å². The smallest absolute Gasteiger partial charge is 0.142 e. The molecular formula is C11H14Cl2FNO2. The largest absolute Gasteiger partial charge is 0.389 e. The molecule has 2 N–H and O–H groups in total. The predicted octanol–water partition coefficient (Wildman–Crippen LogP) is 1.92. The second kappa shape index (κ2) is 6.52. The summed E-state index contributed by atoms with van der Waals surface area (Å²) >= 11 is 5.60. The minimum absolute atomic E-state index is 0. The van der Waals surface area contributed by atoms with Gasteiger partial charge in [-0.25, -0.2) is 4.39 Å². The Balaban J connectivity index is 0.00000144. The van der Waals surface area contributed by atoms with Crippen LogP contribution >= 0.6 is 24.0 Å². The number of benzene rings is 1. The average Bonchev–Trinajstić information content (AvgIpc) is 2.47. The highest BCUT2D eigenvalue weighted by molar-refractivity contribution is 6.30. The molecule has 0 aromatic heterocycles. The lowest BCUT2D eigenvalue weighted by atomic mass is 10.0. The van der Waals surface area contributed by atoms with Gasteiger partial charge in [-0.1, -0.05) is 17.7 Å².